The van der Waals surface area contributed by atoms with Crippen molar-refractivity contribution in [2.24, 2.45) is 5.73 Å². The van der Waals surface area contributed by atoms with Gasteiger partial charge in [0.05, 0.1) is 0 Å². The van der Waals surface area contributed by atoms with E-state index in [0.717, 1.165) is 24.8 Å². The van der Waals surface area contributed by atoms with Crippen LogP contribution >= 0.6 is 0 Å². The van der Waals surface area contributed by atoms with Crippen molar-refractivity contribution >= 4 is 5.91 Å². The summed E-state index contributed by atoms with van der Waals surface area (Å²) < 4.78 is 5.34. The van der Waals surface area contributed by atoms with Gasteiger partial charge in [0.15, 0.2) is 0 Å². The van der Waals surface area contributed by atoms with Crippen LogP contribution < -0.4 is 11.1 Å². The van der Waals surface area contributed by atoms with E-state index < -0.39 is 0 Å². The van der Waals surface area contributed by atoms with Crippen LogP contribution in [0.3, 0.4) is 0 Å². The number of aromatic nitrogens is 2. The fourth-order valence-electron chi connectivity index (χ4n) is 2.19. The van der Waals surface area contributed by atoms with Crippen LogP contribution in [0.15, 0.2) is 28.8 Å². The molecule has 3 N–H and O–H groups in total. The Kier molecular flexibility index (Phi) is 5.66. The lowest BCUT2D eigenvalue weighted by atomic mass is 10.1. The summed E-state index contributed by atoms with van der Waals surface area (Å²) in [6.07, 6.45) is 2.52. The molecule has 6 heteroatoms. The van der Waals surface area contributed by atoms with Gasteiger partial charge in [-0.2, -0.15) is 4.98 Å². The number of amides is 1. The van der Waals surface area contributed by atoms with Crippen LogP contribution in [-0.4, -0.2) is 22.6 Å². The summed E-state index contributed by atoms with van der Waals surface area (Å²) in [5.74, 6) is 0.847. The summed E-state index contributed by atoms with van der Waals surface area (Å²) in [5, 5.41) is 6.86. The Balaban J connectivity index is 2.14. The van der Waals surface area contributed by atoms with Gasteiger partial charge in [-0.3, -0.25) is 4.79 Å². The molecule has 0 saturated carbocycles. The molecule has 0 aliphatic heterocycles. The van der Waals surface area contributed by atoms with Crippen molar-refractivity contribution in [3.63, 3.8) is 0 Å². The molecule has 1 atom stereocenters. The number of hydrogen-bond acceptors (Lipinski definition) is 5. The first-order valence-corrected chi connectivity index (χ1v) is 7.48. The van der Waals surface area contributed by atoms with Gasteiger partial charge in [-0.1, -0.05) is 35.0 Å². The third kappa shape index (κ3) is 4.39. The molecule has 2 rings (SSSR count). The smallest absolute Gasteiger partial charge is 0.249 e. The first-order valence-electron chi connectivity index (χ1n) is 7.48. The van der Waals surface area contributed by atoms with E-state index in [4.69, 9.17) is 10.3 Å². The Morgan fingerprint density at radius 3 is 2.68 bits per heavy atom. The predicted octanol–water partition coefficient (Wildman–Crippen LogP) is 2.35. The number of nitrogens with one attached hydrogen (secondary N) is 1. The molecule has 0 spiro atoms. The molecule has 2 aromatic rings. The standard InChI is InChI=1S/C16H22N4O2/c1-11-6-8-13(9-7-11)15-19-16(22-20-15)14(18-12(2)21)5-3-4-10-17/h6-9,14H,3-5,10,17H2,1-2H3,(H,18,21)/t14-/m0/s1. The van der Waals surface area contributed by atoms with E-state index in [0.29, 0.717) is 18.3 Å². The third-order valence-corrected chi connectivity index (χ3v) is 3.37. The molecule has 6 nitrogen and oxygen atoms in total. The second kappa shape index (κ2) is 7.70. The second-order valence-corrected chi connectivity index (χ2v) is 5.36. The summed E-state index contributed by atoms with van der Waals surface area (Å²) in [6.45, 7) is 4.13. The average molecular weight is 302 g/mol. The zero-order chi connectivity index (χ0) is 15.9. The van der Waals surface area contributed by atoms with Crippen molar-refractivity contribution in [3.05, 3.63) is 35.7 Å². The van der Waals surface area contributed by atoms with Crippen LogP contribution in [0.4, 0.5) is 0 Å². The fourth-order valence-corrected chi connectivity index (χ4v) is 2.19. The Morgan fingerprint density at radius 1 is 1.32 bits per heavy atom. The number of nitrogens with zero attached hydrogens (tertiary/aromatic N) is 2. The molecule has 0 unspecified atom stereocenters. The van der Waals surface area contributed by atoms with Gasteiger partial charge in [0.1, 0.15) is 6.04 Å². The van der Waals surface area contributed by atoms with Gasteiger partial charge in [-0.25, -0.2) is 0 Å². The summed E-state index contributed by atoms with van der Waals surface area (Å²) in [5.41, 5.74) is 7.57. The molecule has 0 saturated heterocycles. The zero-order valence-corrected chi connectivity index (χ0v) is 13.0. The van der Waals surface area contributed by atoms with Gasteiger partial charge in [0.25, 0.3) is 0 Å². The van der Waals surface area contributed by atoms with Gasteiger partial charge in [0, 0.05) is 12.5 Å². The molecule has 0 radical (unpaired) electrons. The minimum absolute atomic E-state index is 0.118. The van der Waals surface area contributed by atoms with E-state index in [-0.39, 0.29) is 11.9 Å². The van der Waals surface area contributed by atoms with Crippen molar-refractivity contribution < 1.29 is 9.32 Å². The average Bonchev–Trinajstić information content (AvgIpc) is 2.96. The van der Waals surface area contributed by atoms with Gasteiger partial charge >= 0.3 is 0 Å². The van der Waals surface area contributed by atoms with Gasteiger partial charge in [0.2, 0.25) is 17.6 Å². The van der Waals surface area contributed by atoms with Crippen LogP contribution in [0, 0.1) is 6.92 Å². The minimum Gasteiger partial charge on any atom is -0.345 e. The summed E-state index contributed by atoms with van der Waals surface area (Å²) in [6, 6.07) is 7.63. The quantitative estimate of drug-likeness (QED) is 0.766. The highest BCUT2D eigenvalue weighted by Gasteiger charge is 2.20. The first-order chi connectivity index (χ1) is 10.6. The van der Waals surface area contributed by atoms with Gasteiger partial charge in [-0.05, 0) is 32.7 Å². The van der Waals surface area contributed by atoms with Crippen molar-refractivity contribution in [1.82, 2.24) is 15.5 Å². The van der Waals surface area contributed by atoms with E-state index in [1.54, 1.807) is 0 Å². The number of unbranched alkanes of at least 4 members (excludes halogenated alkanes) is 1. The van der Waals surface area contributed by atoms with Crippen LogP contribution in [-0.2, 0) is 4.79 Å². The largest absolute Gasteiger partial charge is 0.345 e. The van der Waals surface area contributed by atoms with Crippen molar-refractivity contribution in [3.8, 4) is 11.4 Å². The topological polar surface area (TPSA) is 94.0 Å². The monoisotopic (exact) mass is 302 g/mol. The normalized spacial score (nSPS) is 12.1. The number of hydrogen-bond donors (Lipinski definition) is 2. The summed E-state index contributed by atoms with van der Waals surface area (Å²) in [7, 11) is 0. The van der Waals surface area contributed by atoms with E-state index in [2.05, 4.69) is 15.5 Å². The maximum absolute atomic E-state index is 11.3. The highest BCUT2D eigenvalue weighted by molar-refractivity contribution is 5.73. The van der Waals surface area contributed by atoms with Crippen LogP contribution in [0.25, 0.3) is 11.4 Å². The summed E-state index contributed by atoms with van der Waals surface area (Å²) >= 11 is 0. The Morgan fingerprint density at radius 2 is 2.05 bits per heavy atom. The van der Waals surface area contributed by atoms with Crippen LogP contribution in [0.5, 0.6) is 0 Å². The number of nitrogens with two attached hydrogens (primary N) is 1. The Hall–Kier alpha value is -2.21. The SMILES string of the molecule is CC(=O)N[C@@H](CCCCN)c1nc(-c2ccc(C)cc2)no1. The minimum atomic E-state index is -0.268. The number of carbonyl (C=O) groups excluding carboxylic acids is 1. The molecule has 1 aromatic carbocycles. The second-order valence-electron chi connectivity index (χ2n) is 5.36. The molecule has 1 heterocycles. The Bertz CT molecular complexity index is 607. The van der Waals surface area contributed by atoms with Crippen molar-refractivity contribution in [2.75, 3.05) is 6.54 Å². The zero-order valence-electron chi connectivity index (χ0n) is 13.0. The third-order valence-electron chi connectivity index (χ3n) is 3.37. The lowest BCUT2D eigenvalue weighted by Gasteiger charge is -2.13. The molecule has 22 heavy (non-hydrogen) atoms. The van der Waals surface area contributed by atoms with Gasteiger partial charge < -0.3 is 15.6 Å². The van der Waals surface area contributed by atoms with Crippen LogP contribution in [0.2, 0.25) is 0 Å². The number of aryl methyl sites for hydroxylation is 1. The molecular weight excluding hydrogens is 280 g/mol. The highest BCUT2D eigenvalue weighted by Crippen LogP contribution is 2.22. The Labute approximate surface area is 130 Å². The lowest BCUT2D eigenvalue weighted by Crippen LogP contribution is -2.26. The molecular formula is C16H22N4O2. The molecule has 1 aromatic heterocycles. The van der Waals surface area contributed by atoms with E-state index in [1.165, 1.54) is 12.5 Å². The highest BCUT2D eigenvalue weighted by atomic mass is 16.5. The van der Waals surface area contributed by atoms with E-state index >= 15 is 0 Å². The number of benzene rings is 1. The molecule has 0 fully saturated rings. The maximum atomic E-state index is 11.3. The number of carbonyl (C=O) groups is 1. The maximum Gasteiger partial charge on any atom is 0.249 e. The first kappa shape index (κ1) is 16.2. The van der Waals surface area contributed by atoms with Crippen molar-refractivity contribution in [1.29, 1.82) is 0 Å². The van der Waals surface area contributed by atoms with Gasteiger partial charge in [-0.15, -0.1) is 0 Å². The predicted molar refractivity (Wildman–Crippen MR) is 83.9 cm³/mol. The fraction of sp³-hybridized carbons (Fsp3) is 0.438. The molecule has 0 bridgehead atoms. The van der Waals surface area contributed by atoms with E-state index in [1.807, 2.05) is 31.2 Å². The lowest BCUT2D eigenvalue weighted by molar-refractivity contribution is -0.119. The van der Waals surface area contributed by atoms with Crippen molar-refractivity contribution in [2.45, 2.75) is 39.2 Å². The summed E-state index contributed by atoms with van der Waals surface area (Å²) in [4.78, 5) is 15.8. The molecule has 0 aliphatic rings. The molecule has 0 aliphatic carbocycles. The molecule has 118 valence electrons. The van der Waals surface area contributed by atoms with E-state index in [9.17, 15) is 4.79 Å². The van der Waals surface area contributed by atoms with Crippen LogP contribution in [0.1, 0.15) is 43.7 Å². The molecule has 1 amide bonds. The number of rotatable bonds is 7.